The molecule has 1 rings (SSSR count). The van der Waals surface area contributed by atoms with Crippen molar-refractivity contribution in [2.24, 2.45) is 0 Å². The SMILES string of the molecule is COC(=O)Cc1cnc(Cl)c(OC)c1C(F)F. The molecule has 0 fully saturated rings. The van der Waals surface area contributed by atoms with Gasteiger partial charge in [-0.2, -0.15) is 0 Å². The molecule has 94 valence electrons. The molecule has 0 N–H and O–H groups in total. The van der Waals surface area contributed by atoms with Crippen LogP contribution >= 0.6 is 11.6 Å². The molecule has 0 saturated heterocycles. The van der Waals surface area contributed by atoms with Crippen LogP contribution < -0.4 is 4.74 Å². The Bertz CT molecular complexity index is 426. The number of esters is 1. The van der Waals surface area contributed by atoms with Gasteiger partial charge in [-0.05, 0) is 5.56 Å². The first-order valence-corrected chi connectivity index (χ1v) is 4.95. The highest BCUT2D eigenvalue weighted by atomic mass is 35.5. The molecule has 4 nitrogen and oxygen atoms in total. The van der Waals surface area contributed by atoms with Crippen molar-refractivity contribution in [2.75, 3.05) is 14.2 Å². The van der Waals surface area contributed by atoms with Crippen molar-refractivity contribution in [3.05, 3.63) is 22.5 Å². The van der Waals surface area contributed by atoms with Gasteiger partial charge in [0.05, 0.1) is 26.2 Å². The first kappa shape index (κ1) is 13.6. The van der Waals surface area contributed by atoms with E-state index in [0.717, 1.165) is 6.20 Å². The van der Waals surface area contributed by atoms with Crippen molar-refractivity contribution in [3.63, 3.8) is 0 Å². The zero-order valence-corrected chi connectivity index (χ0v) is 9.92. The van der Waals surface area contributed by atoms with Crippen LogP contribution in [0.2, 0.25) is 5.15 Å². The van der Waals surface area contributed by atoms with E-state index >= 15 is 0 Å². The minimum Gasteiger partial charge on any atom is -0.493 e. The minimum absolute atomic E-state index is 0.0353. The second kappa shape index (κ2) is 5.77. The number of methoxy groups -OCH3 is 2. The maximum Gasteiger partial charge on any atom is 0.310 e. The van der Waals surface area contributed by atoms with E-state index in [1.165, 1.54) is 14.2 Å². The smallest absolute Gasteiger partial charge is 0.310 e. The summed E-state index contributed by atoms with van der Waals surface area (Å²) < 4.78 is 35.0. The van der Waals surface area contributed by atoms with E-state index in [4.69, 9.17) is 16.3 Å². The molecular weight excluding hydrogens is 256 g/mol. The molecular formula is C10H10ClF2NO3. The maximum absolute atomic E-state index is 12.9. The van der Waals surface area contributed by atoms with Crippen LogP contribution in [0.25, 0.3) is 0 Å². The van der Waals surface area contributed by atoms with Gasteiger partial charge in [0.15, 0.2) is 10.9 Å². The molecule has 0 amide bonds. The number of carbonyl (C=O) groups is 1. The van der Waals surface area contributed by atoms with Gasteiger partial charge < -0.3 is 9.47 Å². The van der Waals surface area contributed by atoms with E-state index in [9.17, 15) is 13.6 Å². The Labute approximate surface area is 101 Å². The number of halogens is 3. The lowest BCUT2D eigenvalue weighted by Crippen LogP contribution is -2.09. The molecule has 0 bridgehead atoms. The summed E-state index contributed by atoms with van der Waals surface area (Å²) in [6, 6.07) is 0. The van der Waals surface area contributed by atoms with Gasteiger partial charge in [0.1, 0.15) is 0 Å². The topological polar surface area (TPSA) is 48.4 Å². The lowest BCUT2D eigenvalue weighted by atomic mass is 10.1. The lowest BCUT2D eigenvalue weighted by molar-refractivity contribution is -0.139. The second-order valence-electron chi connectivity index (χ2n) is 3.07. The first-order valence-electron chi connectivity index (χ1n) is 4.57. The summed E-state index contributed by atoms with van der Waals surface area (Å²) in [5.41, 5.74) is -0.397. The highest BCUT2D eigenvalue weighted by molar-refractivity contribution is 6.31. The molecule has 0 spiro atoms. The van der Waals surface area contributed by atoms with E-state index in [0.29, 0.717) is 0 Å². The summed E-state index contributed by atoms with van der Waals surface area (Å²) in [6.45, 7) is 0. The Hall–Kier alpha value is -1.43. The average molecular weight is 266 g/mol. The highest BCUT2D eigenvalue weighted by Gasteiger charge is 2.23. The molecule has 0 aliphatic heterocycles. The predicted octanol–water partition coefficient (Wildman–Crippen LogP) is 2.40. The number of carbonyl (C=O) groups excluding carboxylic acids is 1. The number of aromatic nitrogens is 1. The van der Waals surface area contributed by atoms with Gasteiger partial charge in [0.2, 0.25) is 0 Å². The fourth-order valence-corrected chi connectivity index (χ4v) is 1.55. The van der Waals surface area contributed by atoms with Crippen molar-refractivity contribution < 1.29 is 23.0 Å². The highest BCUT2D eigenvalue weighted by Crippen LogP contribution is 2.36. The summed E-state index contributed by atoms with van der Waals surface area (Å²) in [6.07, 6.45) is -2.01. The monoisotopic (exact) mass is 265 g/mol. The normalized spacial score (nSPS) is 10.5. The molecule has 1 aromatic heterocycles. The van der Waals surface area contributed by atoms with Crippen molar-refractivity contribution in [2.45, 2.75) is 12.8 Å². The number of alkyl halides is 2. The number of rotatable bonds is 4. The number of nitrogens with zero attached hydrogens (tertiary/aromatic N) is 1. The quantitative estimate of drug-likeness (QED) is 0.620. The van der Waals surface area contributed by atoms with Gasteiger partial charge >= 0.3 is 5.97 Å². The fraction of sp³-hybridized carbons (Fsp3) is 0.400. The number of hydrogen-bond donors (Lipinski definition) is 0. The van der Waals surface area contributed by atoms with E-state index < -0.39 is 18.0 Å². The van der Waals surface area contributed by atoms with Gasteiger partial charge in [-0.1, -0.05) is 11.6 Å². The van der Waals surface area contributed by atoms with Gasteiger partial charge in [0, 0.05) is 6.20 Å². The molecule has 0 unspecified atom stereocenters. The fourth-order valence-electron chi connectivity index (χ4n) is 1.32. The second-order valence-corrected chi connectivity index (χ2v) is 3.43. The Balaban J connectivity index is 3.25. The van der Waals surface area contributed by atoms with Crippen molar-refractivity contribution in [1.82, 2.24) is 4.98 Å². The van der Waals surface area contributed by atoms with Crippen molar-refractivity contribution in [3.8, 4) is 5.75 Å². The van der Waals surface area contributed by atoms with Crippen LogP contribution in [0.5, 0.6) is 5.75 Å². The molecule has 1 aromatic rings. The summed E-state index contributed by atoms with van der Waals surface area (Å²) >= 11 is 5.63. The van der Waals surface area contributed by atoms with E-state index in [1.807, 2.05) is 0 Å². The third-order valence-electron chi connectivity index (χ3n) is 2.10. The van der Waals surface area contributed by atoms with Crippen LogP contribution in [0.1, 0.15) is 17.6 Å². The lowest BCUT2D eigenvalue weighted by Gasteiger charge is -2.13. The minimum atomic E-state index is -2.81. The molecule has 0 aromatic carbocycles. The van der Waals surface area contributed by atoms with E-state index in [2.05, 4.69) is 9.72 Å². The van der Waals surface area contributed by atoms with Gasteiger partial charge in [-0.15, -0.1) is 0 Å². The van der Waals surface area contributed by atoms with E-state index in [1.54, 1.807) is 0 Å². The molecule has 1 heterocycles. The predicted molar refractivity (Wildman–Crippen MR) is 56.5 cm³/mol. The van der Waals surface area contributed by atoms with Crippen LogP contribution in [0.4, 0.5) is 8.78 Å². The van der Waals surface area contributed by atoms with E-state index in [-0.39, 0.29) is 22.9 Å². The average Bonchev–Trinajstić information content (AvgIpc) is 2.30. The van der Waals surface area contributed by atoms with Crippen LogP contribution in [-0.4, -0.2) is 25.2 Å². The zero-order chi connectivity index (χ0) is 13.0. The summed E-state index contributed by atoms with van der Waals surface area (Å²) in [4.78, 5) is 14.8. The molecule has 0 saturated carbocycles. The Kier molecular flexibility index (Phi) is 4.62. The molecule has 0 atom stereocenters. The molecule has 0 aliphatic rings. The van der Waals surface area contributed by atoms with Crippen molar-refractivity contribution >= 4 is 17.6 Å². The zero-order valence-electron chi connectivity index (χ0n) is 9.17. The van der Waals surface area contributed by atoms with Gasteiger partial charge in [-0.25, -0.2) is 13.8 Å². The molecule has 17 heavy (non-hydrogen) atoms. The summed E-state index contributed by atoms with van der Waals surface area (Å²) in [7, 11) is 2.38. The summed E-state index contributed by atoms with van der Waals surface area (Å²) in [5.74, 6) is -0.860. The Morgan fingerprint density at radius 2 is 2.18 bits per heavy atom. The van der Waals surface area contributed by atoms with Crippen molar-refractivity contribution in [1.29, 1.82) is 0 Å². The van der Waals surface area contributed by atoms with Crippen LogP contribution in [0.3, 0.4) is 0 Å². The number of ether oxygens (including phenoxy) is 2. The number of hydrogen-bond acceptors (Lipinski definition) is 4. The van der Waals surface area contributed by atoms with Crippen LogP contribution in [-0.2, 0) is 16.0 Å². The Morgan fingerprint density at radius 1 is 1.53 bits per heavy atom. The molecule has 0 aliphatic carbocycles. The van der Waals surface area contributed by atoms with Crippen LogP contribution in [0.15, 0.2) is 6.20 Å². The third kappa shape index (κ3) is 3.03. The standard InChI is InChI=1S/C10H10ClF2NO3/c1-16-6(15)3-5-4-14-9(11)8(17-2)7(5)10(12)13/h4,10H,3H2,1-2H3. The first-order chi connectivity index (χ1) is 8.01. The van der Waals surface area contributed by atoms with Gasteiger partial charge in [-0.3, -0.25) is 4.79 Å². The maximum atomic E-state index is 12.9. The Morgan fingerprint density at radius 3 is 2.65 bits per heavy atom. The van der Waals surface area contributed by atoms with Gasteiger partial charge in [0.25, 0.3) is 6.43 Å². The van der Waals surface area contributed by atoms with Crippen LogP contribution in [0, 0.1) is 0 Å². The summed E-state index contributed by atoms with van der Waals surface area (Å²) in [5, 5.41) is -0.170. The molecule has 0 radical (unpaired) electrons. The third-order valence-corrected chi connectivity index (χ3v) is 2.37. The number of pyridine rings is 1. The molecule has 7 heteroatoms. The largest absolute Gasteiger partial charge is 0.493 e.